The van der Waals surface area contributed by atoms with E-state index in [1.165, 1.54) is 6.20 Å². The third-order valence-corrected chi connectivity index (χ3v) is 2.65. The van der Waals surface area contributed by atoms with Crippen molar-refractivity contribution in [3.8, 4) is 17.2 Å². The number of hydrogen-bond acceptors (Lipinski definition) is 7. The second kappa shape index (κ2) is 5.96. The first-order valence-electron chi connectivity index (χ1n) is 5.83. The molecule has 1 aromatic heterocycles. The fourth-order valence-corrected chi connectivity index (χ4v) is 1.74. The molecule has 106 valence electrons. The Bertz CT molecular complexity index is 579. The van der Waals surface area contributed by atoms with Crippen LogP contribution >= 0.6 is 0 Å². The number of nitrogens with zero attached hydrogens (tertiary/aromatic N) is 2. The molecule has 0 saturated heterocycles. The number of anilines is 3. The number of aromatic nitrogens is 2. The molecule has 0 fully saturated rings. The van der Waals surface area contributed by atoms with Crippen LogP contribution in [0.5, 0.6) is 17.2 Å². The lowest BCUT2D eigenvalue weighted by Gasteiger charge is -2.15. The van der Waals surface area contributed by atoms with Crippen molar-refractivity contribution < 1.29 is 14.2 Å². The topological polar surface area (TPSA) is 91.5 Å². The lowest BCUT2D eigenvalue weighted by molar-refractivity contribution is 0.324. The number of benzene rings is 1. The van der Waals surface area contributed by atoms with Crippen molar-refractivity contribution in [2.75, 3.05) is 32.4 Å². The molecule has 0 radical (unpaired) electrons. The molecule has 0 unspecified atom stereocenters. The number of nitrogen functional groups attached to an aromatic ring is 1. The molecule has 0 amide bonds. The molecule has 1 aromatic carbocycles. The highest BCUT2D eigenvalue weighted by atomic mass is 16.5. The van der Waals surface area contributed by atoms with Gasteiger partial charge in [0.1, 0.15) is 0 Å². The number of nitrogens with one attached hydrogen (secondary N) is 1. The summed E-state index contributed by atoms with van der Waals surface area (Å²) in [7, 11) is 4.66. The van der Waals surface area contributed by atoms with Gasteiger partial charge in [0.15, 0.2) is 23.1 Å². The number of nitrogens with two attached hydrogens (primary N) is 1. The van der Waals surface area contributed by atoms with Crippen molar-refractivity contribution in [3.05, 3.63) is 24.5 Å². The van der Waals surface area contributed by atoms with Gasteiger partial charge in [-0.25, -0.2) is 9.97 Å². The van der Waals surface area contributed by atoms with E-state index in [0.717, 1.165) is 0 Å². The maximum Gasteiger partial charge on any atom is 0.203 e. The van der Waals surface area contributed by atoms with Crippen LogP contribution in [0.15, 0.2) is 24.5 Å². The van der Waals surface area contributed by atoms with E-state index in [-0.39, 0.29) is 0 Å². The molecule has 0 aliphatic carbocycles. The van der Waals surface area contributed by atoms with Crippen molar-refractivity contribution in [2.45, 2.75) is 0 Å². The molecule has 1 heterocycles. The van der Waals surface area contributed by atoms with Crippen LogP contribution in [0.2, 0.25) is 0 Å². The quantitative estimate of drug-likeness (QED) is 0.860. The van der Waals surface area contributed by atoms with E-state index >= 15 is 0 Å². The fourth-order valence-electron chi connectivity index (χ4n) is 1.74. The monoisotopic (exact) mass is 276 g/mol. The van der Waals surface area contributed by atoms with Crippen molar-refractivity contribution >= 4 is 17.3 Å². The zero-order valence-electron chi connectivity index (χ0n) is 11.5. The van der Waals surface area contributed by atoms with Crippen LogP contribution in [0, 0.1) is 0 Å². The van der Waals surface area contributed by atoms with Gasteiger partial charge in [-0.1, -0.05) is 0 Å². The van der Waals surface area contributed by atoms with Crippen LogP contribution in [0.1, 0.15) is 0 Å². The van der Waals surface area contributed by atoms with Gasteiger partial charge in [0.2, 0.25) is 5.75 Å². The molecule has 0 spiro atoms. The van der Waals surface area contributed by atoms with Gasteiger partial charge in [-0.2, -0.15) is 0 Å². The van der Waals surface area contributed by atoms with E-state index in [1.807, 2.05) is 0 Å². The molecule has 0 saturated carbocycles. The largest absolute Gasteiger partial charge is 0.493 e. The van der Waals surface area contributed by atoms with E-state index in [2.05, 4.69) is 15.3 Å². The van der Waals surface area contributed by atoms with Gasteiger partial charge in [-0.15, -0.1) is 0 Å². The summed E-state index contributed by atoms with van der Waals surface area (Å²) >= 11 is 0. The van der Waals surface area contributed by atoms with Crippen LogP contribution in [0.4, 0.5) is 17.3 Å². The van der Waals surface area contributed by atoms with Crippen molar-refractivity contribution in [2.24, 2.45) is 0 Å². The minimum Gasteiger partial charge on any atom is -0.493 e. The summed E-state index contributed by atoms with van der Waals surface area (Å²) in [6.45, 7) is 0. The Morgan fingerprint density at radius 3 is 2.05 bits per heavy atom. The molecule has 2 aromatic rings. The first-order chi connectivity index (χ1) is 9.69. The average molecular weight is 276 g/mol. The maximum absolute atomic E-state index is 5.74. The van der Waals surface area contributed by atoms with Crippen LogP contribution in [0.25, 0.3) is 0 Å². The zero-order valence-corrected chi connectivity index (χ0v) is 11.5. The molecule has 7 heteroatoms. The summed E-state index contributed by atoms with van der Waals surface area (Å²) in [5.74, 6) is 2.37. The summed E-state index contributed by atoms with van der Waals surface area (Å²) < 4.78 is 15.8. The lowest BCUT2D eigenvalue weighted by atomic mass is 10.2. The molecule has 0 bridgehead atoms. The van der Waals surface area contributed by atoms with Gasteiger partial charge in [0.05, 0.1) is 21.3 Å². The summed E-state index contributed by atoms with van der Waals surface area (Å²) in [6.07, 6.45) is 3.08. The molecular formula is C13H16N4O3. The molecule has 0 atom stereocenters. The third-order valence-electron chi connectivity index (χ3n) is 2.65. The van der Waals surface area contributed by atoms with Crippen LogP contribution < -0.4 is 25.3 Å². The Balaban J connectivity index is 2.40. The predicted octanol–water partition coefficient (Wildman–Crippen LogP) is 1.83. The normalized spacial score (nSPS) is 9.95. The molecule has 3 N–H and O–H groups in total. The van der Waals surface area contributed by atoms with Crippen LogP contribution in [-0.4, -0.2) is 31.3 Å². The Hall–Kier alpha value is -2.70. The highest BCUT2D eigenvalue weighted by Gasteiger charge is 2.14. The fraction of sp³-hybridized carbons (Fsp3) is 0.231. The summed E-state index contributed by atoms with van der Waals surface area (Å²) in [4.78, 5) is 8.08. The number of rotatable bonds is 5. The van der Waals surface area contributed by atoms with Crippen molar-refractivity contribution in [3.63, 3.8) is 0 Å². The van der Waals surface area contributed by atoms with E-state index in [9.17, 15) is 0 Å². The minimum absolute atomic E-state index is 0.307. The highest BCUT2D eigenvalue weighted by molar-refractivity contribution is 5.70. The minimum atomic E-state index is 0.307. The Morgan fingerprint density at radius 2 is 1.55 bits per heavy atom. The molecule has 20 heavy (non-hydrogen) atoms. The first-order valence-corrected chi connectivity index (χ1v) is 5.83. The number of methoxy groups -OCH3 is 3. The standard InChI is InChI=1S/C13H16N4O3/c1-18-9-6-8(7-10(19-2)11(9)20-3)17-13-12(14)15-4-5-16-13/h4-7H,1-3H3,(H2,14,15)(H,16,17). The number of ether oxygens (including phenoxy) is 3. The van der Waals surface area contributed by atoms with Gasteiger partial charge in [-0.3, -0.25) is 0 Å². The smallest absolute Gasteiger partial charge is 0.203 e. The molecular weight excluding hydrogens is 260 g/mol. The lowest BCUT2D eigenvalue weighted by Crippen LogP contribution is -2.02. The van der Waals surface area contributed by atoms with Crippen LogP contribution in [0.3, 0.4) is 0 Å². The van der Waals surface area contributed by atoms with Gasteiger partial charge in [-0.05, 0) is 0 Å². The van der Waals surface area contributed by atoms with Gasteiger partial charge in [0, 0.05) is 30.2 Å². The summed E-state index contributed by atoms with van der Waals surface area (Å²) in [5.41, 5.74) is 6.44. The zero-order chi connectivity index (χ0) is 14.5. The highest BCUT2D eigenvalue weighted by Crippen LogP contribution is 2.40. The van der Waals surface area contributed by atoms with Crippen molar-refractivity contribution in [1.29, 1.82) is 0 Å². The van der Waals surface area contributed by atoms with Gasteiger partial charge in [0.25, 0.3) is 0 Å². The summed E-state index contributed by atoms with van der Waals surface area (Å²) in [6, 6.07) is 3.52. The third kappa shape index (κ3) is 2.66. The molecule has 2 rings (SSSR count). The Labute approximate surface area is 116 Å². The maximum atomic E-state index is 5.74. The van der Waals surface area contributed by atoms with Crippen molar-refractivity contribution in [1.82, 2.24) is 9.97 Å². The van der Waals surface area contributed by atoms with E-state index in [0.29, 0.717) is 34.6 Å². The second-order valence-corrected chi connectivity index (χ2v) is 3.83. The summed E-state index contributed by atoms with van der Waals surface area (Å²) in [5, 5.41) is 3.06. The van der Waals surface area contributed by atoms with E-state index in [4.69, 9.17) is 19.9 Å². The van der Waals surface area contributed by atoms with Crippen LogP contribution in [-0.2, 0) is 0 Å². The Morgan fingerprint density at radius 1 is 0.950 bits per heavy atom. The SMILES string of the molecule is COc1cc(Nc2nccnc2N)cc(OC)c1OC. The molecule has 0 aliphatic heterocycles. The first kappa shape index (κ1) is 13.7. The predicted molar refractivity (Wildman–Crippen MR) is 75.8 cm³/mol. The average Bonchev–Trinajstić information content (AvgIpc) is 2.48. The molecule has 7 nitrogen and oxygen atoms in total. The Kier molecular flexibility index (Phi) is 4.09. The number of hydrogen-bond donors (Lipinski definition) is 2. The van der Waals surface area contributed by atoms with E-state index in [1.54, 1.807) is 39.7 Å². The second-order valence-electron chi connectivity index (χ2n) is 3.83. The molecule has 0 aliphatic rings. The van der Waals surface area contributed by atoms with Gasteiger partial charge >= 0.3 is 0 Å². The van der Waals surface area contributed by atoms with Gasteiger partial charge < -0.3 is 25.3 Å². The van der Waals surface area contributed by atoms with E-state index < -0.39 is 0 Å².